The van der Waals surface area contributed by atoms with Crippen molar-refractivity contribution < 1.29 is 22.4 Å². The van der Waals surface area contributed by atoms with Gasteiger partial charge in [0.2, 0.25) is 10.0 Å². The van der Waals surface area contributed by atoms with E-state index in [0.717, 1.165) is 19.3 Å². The number of sulfonamides is 1. The first-order valence-electron chi connectivity index (χ1n) is 8.51. The second kappa shape index (κ2) is 7.92. The van der Waals surface area contributed by atoms with Crippen molar-refractivity contribution in [2.75, 3.05) is 20.2 Å². The van der Waals surface area contributed by atoms with Crippen LogP contribution in [0.3, 0.4) is 0 Å². The zero-order chi connectivity index (χ0) is 18.6. The molecule has 0 radical (unpaired) electrons. The lowest BCUT2D eigenvalue weighted by molar-refractivity contribution is 0.0944. The van der Waals surface area contributed by atoms with Crippen LogP contribution in [0.2, 0.25) is 0 Å². The molecule has 8 heteroatoms. The number of nitrogens with zero attached hydrogens (tertiary/aromatic N) is 1. The van der Waals surface area contributed by atoms with E-state index in [4.69, 9.17) is 9.15 Å². The molecule has 1 N–H and O–H groups in total. The first-order chi connectivity index (χ1) is 12.5. The number of furan rings is 1. The second-order valence-corrected chi connectivity index (χ2v) is 8.03. The number of hydrogen-bond donors (Lipinski definition) is 1. The van der Waals surface area contributed by atoms with E-state index in [1.807, 2.05) is 0 Å². The van der Waals surface area contributed by atoms with Gasteiger partial charge in [-0.25, -0.2) is 8.42 Å². The van der Waals surface area contributed by atoms with Crippen LogP contribution in [-0.4, -0.2) is 38.8 Å². The van der Waals surface area contributed by atoms with Gasteiger partial charge in [-0.2, -0.15) is 4.31 Å². The van der Waals surface area contributed by atoms with Crippen LogP contribution in [0.15, 0.2) is 45.9 Å². The van der Waals surface area contributed by atoms with E-state index in [1.165, 1.54) is 35.9 Å². The molecule has 0 atom stereocenters. The van der Waals surface area contributed by atoms with E-state index >= 15 is 0 Å². The number of nitrogens with one attached hydrogen (secondary N) is 1. The Morgan fingerprint density at radius 2 is 2.00 bits per heavy atom. The number of carbonyl (C=O) groups is 1. The number of carbonyl (C=O) groups excluding carboxylic acids is 1. The molecule has 1 aliphatic heterocycles. The van der Waals surface area contributed by atoms with Gasteiger partial charge in [0.15, 0.2) is 0 Å². The minimum atomic E-state index is -3.62. The predicted molar refractivity (Wildman–Crippen MR) is 95.5 cm³/mol. The number of ether oxygens (including phenoxy) is 1. The summed E-state index contributed by atoms with van der Waals surface area (Å²) in [7, 11) is -2.18. The van der Waals surface area contributed by atoms with Gasteiger partial charge in [0, 0.05) is 13.1 Å². The lowest BCUT2D eigenvalue weighted by Crippen LogP contribution is -2.35. The highest BCUT2D eigenvalue weighted by Gasteiger charge is 2.27. The van der Waals surface area contributed by atoms with Crippen LogP contribution in [-0.2, 0) is 16.6 Å². The molecule has 7 nitrogen and oxygen atoms in total. The molecule has 1 aromatic heterocycles. The van der Waals surface area contributed by atoms with Crippen molar-refractivity contribution in [1.82, 2.24) is 9.62 Å². The molecule has 0 bridgehead atoms. The molecular weight excluding hydrogens is 356 g/mol. The fraction of sp³-hybridized carbons (Fsp3) is 0.389. The topological polar surface area (TPSA) is 88.9 Å². The molecule has 2 aromatic rings. The standard InChI is InChI=1S/C18H22N2O5S/c1-24-17-8-7-15(26(22,23)20-9-3-2-4-10-20)12-16(17)18(21)19-13-14-6-5-11-25-14/h5-8,11-12H,2-4,9-10,13H2,1H3,(H,19,21). The highest BCUT2D eigenvalue weighted by atomic mass is 32.2. The van der Waals surface area contributed by atoms with Crippen molar-refractivity contribution in [3.8, 4) is 5.75 Å². The fourth-order valence-corrected chi connectivity index (χ4v) is 4.50. The molecular formula is C18H22N2O5S. The smallest absolute Gasteiger partial charge is 0.255 e. The van der Waals surface area contributed by atoms with Gasteiger partial charge >= 0.3 is 0 Å². The SMILES string of the molecule is COc1ccc(S(=O)(=O)N2CCCCC2)cc1C(=O)NCc1ccco1. The molecule has 0 spiro atoms. The average molecular weight is 378 g/mol. The number of methoxy groups -OCH3 is 1. The quantitative estimate of drug-likeness (QED) is 0.834. The molecule has 0 aliphatic carbocycles. The zero-order valence-electron chi connectivity index (χ0n) is 14.6. The summed E-state index contributed by atoms with van der Waals surface area (Å²) in [5.41, 5.74) is 0.178. The Hall–Kier alpha value is -2.32. The van der Waals surface area contributed by atoms with E-state index in [9.17, 15) is 13.2 Å². The van der Waals surface area contributed by atoms with Gasteiger partial charge < -0.3 is 14.5 Å². The fourth-order valence-electron chi connectivity index (χ4n) is 2.96. The lowest BCUT2D eigenvalue weighted by Gasteiger charge is -2.26. The van der Waals surface area contributed by atoms with Crippen LogP contribution in [0.1, 0.15) is 35.4 Å². The third-order valence-corrected chi connectivity index (χ3v) is 6.27. The normalized spacial score (nSPS) is 15.6. The highest BCUT2D eigenvalue weighted by molar-refractivity contribution is 7.89. The van der Waals surface area contributed by atoms with Crippen LogP contribution in [0, 0.1) is 0 Å². The van der Waals surface area contributed by atoms with Crippen molar-refractivity contribution in [2.24, 2.45) is 0 Å². The van der Waals surface area contributed by atoms with Gasteiger partial charge in [0.25, 0.3) is 5.91 Å². The summed E-state index contributed by atoms with van der Waals surface area (Å²) in [6.45, 7) is 1.22. The summed E-state index contributed by atoms with van der Waals surface area (Å²) in [6.07, 6.45) is 4.26. The maximum Gasteiger partial charge on any atom is 0.255 e. The number of rotatable bonds is 6. The monoisotopic (exact) mass is 378 g/mol. The lowest BCUT2D eigenvalue weighted by atomic mass is 10.2. The molecule has 1 amide bonds. The second-order valence-electron chi connectivity index (χ2n) is 6.09. The van der Waals surface area contributed by atoms with Crippen molar-refractivity contribution in [3.63, 3.8) is 0 Å². The van der Waals surface area contributed by atoms with Gasteiger partial charge in [0.1, 0.15) is 11.5 Å². The van der Waals surface area contributed by atoms with E-state index in [0.29, 0.717) is 24.6 Å². The highest BCUT2D eigenvalue weighted by Crippen LogP contribution is 2.26. The molecule has 0 saturated carbocycles. The van der Waals surface area contributed by atoms with Crippen molar-refractivity contribution in [1.29, 1.82) is 0 Å². The molecule has 140 valence electrons. The van der Waals surface area contributed by atoms with Crippen LogP contribution >= 0.6 is 0 Å². The third kappa shape index (κ3) is 3.91. The van der Waals surface area contributed by atoms with Crippen molar-refractivity contribution in [3.05, 3.63) is 47.9 Å². The van der Waals surface area contributed by atoms with Gasteiger partial charge in [-0.15, -0.1) is 0 Å². The number of hydrogen-bond acceptors (Lipinski definition) is 5. The Bertz CT molecular complexity index is 856. The van der Waals surface area contributed by atoms with Crippen molar-refractivity contribution in [2.45, 2.75) is 30.7 Å². The first kappa shape index (κ1) is 18.5. The minimum Gasteiger partial charge on any atom is -0.496 e. The summed E-state index contributed by atoms with van der Waals surface area (Å²) < 4.78 is 37.6. The predicted octanol–water partition coefficient (Wildman–Crippen LogP) is 2.39. The minimum absolute atomic E-state index is 0.100. The molecule has 2 heterocycles. The van der Waals surface area contributed by atoms with Crippen molar-refractivity contribution >= 4 is 15.9 Å². The molecule has 1 fully saturated rings. The Morgan fingerprint density at radius 1 is 1.23 bits per heavy atom. The van der Waals surface area contributed by atoms with E-state index in [2.05, 4.69) is 5.32 Å². The molecule has 0 unspecified atom stereocenters. The Kier molecular flexibility index (Phi) is 5.63. The van der Waals surface area contributed by atoms with Gasteiger partial charge in [-0.1, -0.05) is 6.42 Å². The molecule has 1 saturated heterocycles. The van der Waals surface area contributed by atoms with E-state index in [-0.39, 0.29) is 17.0 Å². The van der Waals surface area contributed by atoms with E-state index in [1.54, 1.807) is 12.1 Å². The van der Waals surface area contributed by atoms with Gasteiger partial charge in [0.05, 0.1) is 30.4 Å². The molecule has 1 aliphatic rings. The number of amides is 1. The van der Waals surface area contributed by atoms with Crippen LogP contribution in [0.5, 0.6) is 5.75 Å². The third-order valence-electron chi connectivity index (χ3n) is 4.37. The Morgan fingerprint density at radius 3 is 2.65 bits per heavy atom. The summed E-state index contributed by atoms with van der Waals surface area (Å²) >= 11 is 0. The van der Waals surface area contributed by atoms with Crippen LogP contribution in [0.25, 0.3) is 0 Å². The summed E-state index contributed by atoms with van der Waals surface area (Å²) in [5, 5.41) is 2.71. The largest absolute Gasteiger partial charge is 0.496 e. The maximum atomic E-state index is 12.8. The van der Waals surface area contributed by atoms with Crippen LogP contribution < -0.4 is 10.1 Å². The summed E-state index contributed by atoms with van der Waals surface area (Å²) in [6, 6.07) is 7.84. The number of benzene rings is 1. The molecule has 26 heavy (non-hydrogen) atoms. The average Bonchev–Trinajstić information content (AvgIpc) is 3.20. The molecule has 3 rings (SSSR count). The van der Waals surface area contributed by atoms with Crippen LogP contribution in [0.4, 0.5) is 0 Å². The Labute approximate surface area is 153 Å². The summed E-state index contributed by atoms with van der Waals surface area (Å²) in [5.74, 6) is 0.503. The zero-order valence-corrected chi connectivity index (χ0v) is 15.4. The summed E-state index contributed by atoms with van der Waals surface area (Å²) in [4.78, 5) is 12.6. The van der Waals surface area contributed by atoms with Gasteiger partial charge in [-0.05, 0) is 43.2 Å². The number of piperidine rings is 1. The molecule has 1 aromatic carbocycles. The maximum absolute atomic E-state index is 12.8. The van der Waals surface area contributed by atoms with E-state index < -0.39 is 15.9 Å². The first-order valence-corrected chi connectivity index (χ1v) is 9.95. The van der Waals surface area contributed by atoms with Gasteiger partial charge in [-0.3, -0.25) is 4.79 Å². The Balaban J connectivity index is 1.84.